The molecule has 1 heterocycles. The lowest BCUT2D eigenvalue weighted by Gasteiger charge is -2.12. The van der Waals surface area contributed by atoms with Gasteiger partial charge in [0.05, 0.1) is 32.7 Å². The van der Waals surface area contributed by atoms with E-state index in [2.05, 4.69) is 15.4 Å². The van der Waals surface area contributed by atoms with Crippen LogP contribution < -0.4 is 15.6 Å². The number of carbonyl (C=O) groups excluding carboxylic acids is 1. The predicted octanol–water partition coefficient (Wildman–Crippen LogP) is 7.43. The Balaban J connectivity index is 1.44. The number of hydrogen-bond acceptors (Lipinski definition) is 5. The highest BCUT2D eigenvalue weighted by Crippen LogP contribution is 2.34. The van der Waals surface area contributed by atoms with E-state index in [4.69, 9.17) is 27.9 Å². The number of alkyl halides is 3. The molecule has 1 amide bonds. The first-order valence-electron chi connectivity index (χ1n) is 12.4. The van der Waals surface area contributed by atoms with Crippen LogP contribution in [0.25, 0.3) is 22.3 Å². The first-order chi connectivity index (χ1) is 20.5. The van der Waals surface area contributed by atoms with E-state index in [1.54, 1.807) is 18.2 Å². The van der Waals surface area contributed by atoms with Crippen LogP contribution in [0, 0.1) is 5.82 Å². The minimum atomic E-state index is -4.61. The highest BCUT2D eigenvalue weighted by Gasteiger charge is 2.31. The van der Waals surface area contributed by atoms with E-state index >= 15 is 0 Å². The van der Waals surface area contributed by atoms with E-state index < -0.39 is 35.6 Å². The van der Waals surface area contributed by atoms with Crippen LogP contribution in [0.1, 0.15) is 11.1 Å². The Kier molecular flexibility index (Phi) is 8.47. The van der Waals surface area contributed by atoms with Gasteiger partial charge < -0.3 is 10.1 Å². The topological polar surface area (TPSA) is 85.6 Å². The average molecular weight is 629 g/mol. The van der Waals surface area contributed by atoms with Crippen molar-refractivity contribution < 1.29 is 27.1 Å². The summed E-state index contributed by atoms with van der Waals surface area (Å²) < 4.78 is 59.9. The van der Waals surface area contributed by atoms with Crippen molar-refractivity contribution in [2.75, 3.05) is 11.9 Å². The predicted molar refractivity (Wildman–Crippen MR) is 156 cm³/mol. The molecule has 0 radical (unpaired) electrons. The summed E-state index contributed by atoms with van der Waals surface area (Å²) in [5.74, 6) is -1.24. The number of amides is 1. The third kappa shape index (κ3) is 6.85. The number of nitrogens with one attached hydrogen (secondary N) is 1. The van der Waals surface area contributed by atoms with Crippen molar-refractivity contribution in [2.24, 2.45) is 5.10 Å². The molecule has 0 atom stereocenters. The summed E-state index contributed by atoms with van der Waals surface area (Å²) >= 11 is 12.7. The second kappa shape index (κ2) is 12.2. The van der Waals surface area contributed by atoms with Crippen LogP contribution in [-0.2, 0) is 11.0 Å². The zero-order chi connectivity index (χ0) is 30.7. The second-order valence-corrected chi connectivity index (χ2v) is 9.87. The number of ether oxygens (including phenoxy) is 1. The van der Waals surface area contributed by atoms with Crippen molar-refractivity contribution in [1.29, 1.82) is 0 Å². The number of aromatic nitrogens is 2. The molecule has 0 fully saturated rings. The van der Waals surface area contributed by atoms with Gasteiger partial charge in [-0.2, -0.15) is 22.9 Å². The van der Waals surface area contributed by atoms with E-state index in [0.717, 1.165) is 22.9 Å². The summed E-state index contributed by atoms with van der Waals surface area (Å²) in [5.41, 5.74) is -0.689. The van der Waals surface area contributed by atoms with E-state index in [1.165, 1.54) is 54.7 Å². The first-order valence-corrected chi connectivity index (χ1v) is 13.2. The molecule has 0 unspecified atom stereocenters. The van der Waals surface area contributed by atoms with Gasteiger partial charge in [-0.05, 0) is 60.2 Å². The molecule has 43 heavy (non-hydrogen) atoms. The van der Waals surface area contributed by atoms with Crippen molar-refractivity contribution in [3.63, 3.8) is 0 Å². The van der Waals surface area contributed by atoms with E-state index in [9.17, 15) is 27.2 Å². The Hall–Kier alpha value is -4.74. The Bertz CT molecular complexity index is 1920. The minimum absolute atomic E-state index is 0.00888. The molecule has 1 N–H and O–H groups in total. The molecule has 5 aromatic rings. The Morgan fingerprint density at radius 3 is 2.42 bits per heavy atom. The van der Waals surface area contributed by atoms with Crippen LogP contribution in [0.2, 0.25) is 10.0 Å². The van der Waals surface area contributed by atoms with Gasteiger partial charge in [0, 0.05) is 11.3 Å². The zero-order valence-electron chi connectivity index (χ0n) is 21.7. The lowest BCUT2D eigenvalue weighted by atomic mass is 10.1. The van der Waals surface area contributed by atoms with E-state index in [1.807, 2.05) is 0 Å². The van der Waals surface area contributed by atoms with Crippen molar-refractivity contribution in [1.82, 2.24) is 9.66 Å². The number of anilines is 1. The van der Waals surface area contributed by atoms with Crippen LogP contribution in [-0.4, -0.2) is 28.4 Å². The minimum Gasteiger partial charge on any atom is -0.481 e. The lowest BCUT2D eigenvalue weighted by molar-refractivity contribution is -0.137. The normalized spacial score (nSPS) is 11.7. The van der Waals surface area contributed by atoms with Crippen LogP contribution in [0.4, 0.5) is 23.2 Å². The number of halogens is 6. The van der Waals surface area contributed by atoms with Crippen LogP contribution in [0.3, 0.4) is 0 Å². The third-order valence-electron chi connectivity index (χ3n) is 6.00. The zero-order valence-corrected chi connectivity index (χ0v) is 23.2. The van der Waals surface area contributed by atoms with Crippen LogP contribution >= 0.6 is 23.2 Å². The maximum absolute atomic E-state index is 13.4. The van der Waals surface area contributed by atoms with Gasteiger partial charge in [-0.25, -0.2) is 9.37 Å². The van der Waals surface area contributed by atoms with Gasteiger partial charge in [0.15, 0.2) is 18.2 Å². The van der Waals surface area contributed by atoms with Gasteiger partial charge in [0.2, 0.25) is 0 Å². The molecule has 7 nitrogen and oxygen atoms in total. The van der Waals surface area contributed by atoms with Gasteiger partial charge >= 0.3 is 6.18 Å². The Labute approximate surface area is 251 Å². The van der Waals surface area contributed by atoms with E-state index in [-0.39, 0.29) is 43.8 Å². The van der Waals surface area contributed by atoms with Gasteiger partial charge in [0.25, 0.3) is 11.5 Å². The van der Waals surface area contributed by atoms with E-state index in [0.29, 0.717) is 5.56 Å². The molecule has 0 saturated carbocycles. The average Bonchev–Trinajstić information content (AvgIpc) is 2.96. The van der Waals surface area contributed by atoms with Crippen LogP contribution in [0.15, 0.2) is 94.8 Å². The number of nitrogens with zero attached hydrogens (tertiary/aromatic N) is 3. The molecule has 218 valence electrons. The molecule has 0 spiro atoms. The van der Waals surface area contributed by atoms with Crippen LogP contribution in [0.5, 0.6) is 5.75 Å². The summed E-state index contributed by atoms with van der Waals surface area (Å²) in [7, 11) is 0. The Morgan fingerprint density at radius 2 is 1.70 bits per heavy atom. The maximum Gasteiger partial charge on any atom is 0.416 e. The fourth-order valence-electron chi connectivity index (χ4n) is 4.07. The third-order valence-corrected chi connectivity index (χ3v) is 6.56. The molecule has 0 aliphatic carbocycles. The molecule has 5 rings (SSSR count). The molecule has 4 aromatic carbocycles. The fraction of sp³-hybridized carbons (Fsp3) is 0.0667. The molecular weight excluding hydrogens is 611 g/mol. The standard InChI is InChI=1S/C30H18Cl2F4N4O3/c31-23-11-17(12-24(32)27(23)43-16-26(41)38-21-8-4-7-20(33)14-21)15-37-40-28(18-5-3-6-19(13-18)30(34,35)36)39-25-10-2-1-9-22(25)29(40)42/h1-15H,16H2,(H,38,41). The lowest BCUT2D eigenvalue weighted by Crippen LogP contribution is -2.20. The monoisotopic (exact) mass is 628 g/mol. The summed E-state index contributed by atoms with van der Waals surface area (Å²) in [6, 6.07) is 18.9. The number of carbonyl (C=O) groups is 1. The quantitative estimate of drug-likeness (QED) is 0.150. The van der Waals surface area contributed by atoms with Gasteiger partial charge in [-0.3, -0.25) is 9.59 Å². The first kappa shape index (κ1) is 29.7. The van der Waals surface area contributed by atoms with Gasteiger partial charge in [-0.1, -0.05) is 53.5 Å². The number of rotatable bonds is 7. The summed E-state index contributed by atoms with van der Waals surface area (Å²) in [5, 5.41) is 6.91. The maximum atomic E-state index is 13.4. The number of hydrogen-bond donors (Lipinski definition) is 1. The van der Waals surface area contributed by atoms with Gasteiger partial charge in [0.1, 0.15) is 5.82 Å². The summed E-state index contributed by atoms with van der Waals surface area (Å²) in [4.78, 5) is 30.0. The molecule has 0 aliphatic rings. The highest BCUT2D eigenvalue weighted by molar-refractivity contribution is 6.37. The van der Waals surface area contributed by atoms with Crippen molar-refractivity contribution >= 4 is 51.9 Å². The number of para-hydroxylation sites is 1. The van der Waals surface area contributed by atoms with Crippen molar-refractivity contribution in [3.8, 4) is 17.1 Å². The highest BCUT2D eigenvalue weighted by atomic mass is 35.5. The summed E-state index contributed by atoms with van der Waals surface area (Å²) in [6.45, 7) is -0.484. The molecule has 0 saturated heterocycles. The van der Waals surface area contributed by atoms with Gasteiger partial charge in [-0.15, -0.1) is 0 Å². The van der Waals surface area contributed by atoms with Crippen molar-refractivity contribution in [3.05, 3.63) is 122 Å². The molecule has 13 heteroatoms. The van der Waals surface area contributed by atoms with Crippen molar-refractivity contribution in [2.45, 2.75) is 6.18 Å². The Morgan fingerprint density at radius 1 is 0.977 bits per heavy atom. The molecular formula is C30H18Cl2F4N4O3. The SMILES string of the molecule is O=C(COc1c(Cl)cc(C=Nn2c(-c3cccc(C(F)(F)F)c3)nc3ccccc3c2=O)cc1Cl)Nc1cccc(F)c1. The fourth-order valence-corrected chi connectivity index (χ4v) is 4.68. The summed E-state index contributed by atoms with van der Waals surface area (Å²) in [6.07, 6.45) is -3.38. The molecule has 0 bridgehead atoms. The largest absolute Gasteiger partial charge is 0.481 e. The second-order valence-electron chi connectivity index (χ2n) is 9.05. The molecule has 1 aromatic heterocycles. The number of benzene rings is 4. The molecule has 0 aliphatic heterocycles. The number of fused-ring (bicyclic) bond motifs is 1. The smallest absolute Gasteiger partial charge is 0.416 e.